The van der Waals surface area contributed by atoms with Crippen molar-refractivity contribution >= 4 is 32.1 Å². The van der Waals surface area contributed by atoms with E-state index in [9.17, 15) is 0 Å². The maximum atomic E-state index is 6.21. The van der Waals surface area contributed by atoms with Crippen molar-refractivity contribution in [2.75, 3.05) is 29.0 Å². The number of anilines is 3. The van der Waals surface area contributed by atoms with Crippen LogP contribution in [0.5, 0.6) is 11.5 Å². The first-order valence-corrected chi connectivity index (χ1v) is 11.3. The average molecular weight is 446 g/mol. The molecule has 6 heteroatoms. The highest BCUT2D eigenvalue weighted by atomic mass is 31.0. The van der Waals surface area contributed by atoms with E-state index >= 15 is 0 Å². The van der Waals surface area contributed by atoms with E-state index in [1.54, 1.807) is 7.11 Å². The molecule has 2 aliphatic rings. The minimum absolute atomic E-state index is 0.329. The Kier molecular flexibility index (Phi) is 5.22. The second kappa shape index (κ2) is 8.07. The van der Waals surface area contributed by atoms with Gasteiger partial charge in [0.15, 0.2) is 11.5 Å². The van der Waals surface area contributed by atoms with Crippen LogP contribution in [0.1, 0.15) is 22.3 Å². The Bertz CT molecular complexity index is 1190. The predicted molar refractivity (Wildman–Crippen MR) is 135 cm³/mol. The standard InChI is InChI=1S/C26H28N3O2P/c1-16-8-18(10-20(27)9-16)15-31-26-13-24-22(12-25(26)30-3)17(2)29-21(14-28(24)32)11-19-6-4-5-7-23(19)29/h4-10,12-13,21H,2,11,14-15,27,32H2,1,3H3/t21-/m0/s1. The van der Waals surface area contributed by atoms with Crippen LogP contribution in [0.3, 0.4) is 0 Å². The molecule has 5 rings (SSSR count). The number of benzene rings is 3. The summed E-state index contributed by atoms with van der Waals surface area (Å²) in [4.78, 5) is 2.37. The molecular formula is C26H28N3O2P. The molecule has 2 heterocycles. The van der Waals surface area contributed by atoms with Gasteiger partial charge in [-0.1, -0.05) is 30.8 Å². The lowest BCUT2D eigenvalue weighted by molar-refractivity contribution is 0.284. The quantitative estimate of drug-likeness (QED) is 0.443. The number of nitrogens with two attached hydrogens (primary N) is 1. The SMILES string of the molecule is C=C1c2cc(OC)c(OCc3cc(C)cc(N)c3)cc2N(P)C[C@@H]2Cc3ccccc3N12. The lowest BCUT2D eigenvalue weighted by atomic mass is 10.1. The first kappa shape index (κ1) is 20.7. The van der Waals surface area contributed by atoms with E-state index in [1.165, 1.54) is 11.3 Å². The van der Waals surface area contributed by atoms with Crippen molar-refractivity contribution in [2.24, 2.45) is 0 Å². The van der Waals surface area contributed by atoms with E-state index in [0.717, 1.165) is 46.7 Å². The van der Waals surface area contributed by atoms with Gasteiger partial charge >= 0.3 is 0 Å². The molecule has 2 atom stereocenters. The topological polar surface area (TPSA) is 51.0 Å². The summed E-state index contributed by atoms with van der Waals surface area (Å²) in [7, 11) is 4.54. The fourth-order valence-electron chi connectivity index (χ4n) is 4.86. The predicted octanol–water partition coefficient (Wildman–Crippen LogP) is 5.18. The minimum atomic E-state index is 0.329. The van der Waals surface area contributed by atoms with Crippen molar-refractivity contribution in [2.45, 2.75) is 26.0 Å². The first-order chi connectivity index (χ1) is 15.4. The molecule has 0 spiro atoms. The highest BCUT2D eigenvalue weighted by Crippen LogP contribution is 2.47. The van der Waals surface area contributed by atoms with Crippen molar-refractivity contribution in [3.05, 3.63) is 83.4 Å². The van der Waals surface area contributed by atoms with Crippen LogP contribution in [0, 0.1) is 6.92 Å². The lowest BCUT2D eigenvalue weighted by Gasteiger charge is -2.27. The summed E-state index contributed by atoms with van der Waals surface area (Å²) in [5, 5.41) is 0. The molecule has 2 aliphatic heterocycles. The molecule has 3 aromatic carbocycles. The molecule has 0 saturated heterocycles. The summed E-state index contributed by atoms with van der Waals surface area (Å²) in [6.07, 6.45) is 1.00. The van der Waals surface area contributed by atoms with Crippen LogP contribution in [0.4, 0.5) is 17.1 Å². The van der Waals surface area contributed by atoms with Crippen LogP contribution in [-0.4, -0.2) is 19.7 Å². The van der Waals surface area contributed by atoms with E-state index in [1.807, 2.05) is 25.1 Å². The summed E-state index contributed by atoms with van der Waals surface area (Å²) in [5.74, 6) is 1.39. The summed E-state index contributed by atoms with van der Waals surface area (Å²) in [6, 6.07) is 19.0. The van der Waals surface area contributed by atoms with Crippen LogP contribution in [0.2, 0.25) is 0 Å². The zero-order valence-corrected chi connectivity index (χ0v) is 19.6. The number of hydrogen-bond donors (Lipinski definition) is 1. The van der Waals surface area contributed by atoms with Gasteiger partial charge in [-0.3, -0.25) is 0 Å². The van der Waals surface area contributed by atoms with Crippen LogP contribution in [0.15, 0.2) is 61.2 Å². The normalized spacial score (nSPS) is 16.8. The molecule has 0 aliphatic carbocycles. The molecular weight excluding hydrogens is 417 g/mol. The third-order valence-corrected chi connectivity index (χ3v) is 6.72. The van der Waals surface area contributed by atoms with E-state index in [4.69, 9.17) is 15.2 Å². The molecule has 0 fully saturated rings. The third-order valence-electron chi connectivity index (χ3n) is 6.23. The van der Waals surface area contributed by atoms with Crippen molar-refractivity contribution in [1.29, 1.82) is 0 Å². The van der Waals surface area contributed by atoms with Crippen molar-refractivity contribution in [1.82, 2.24) is 0 Å². The Hall–Kier alpha value is -3.17. The molecule has 0 bridgehead atoms. The number of aryl methyl sites for hydroxylation is 1. The maximum absolute atomic E-state index is 6.21. The highest BCUT2D eigenvalue weighted by molar-refractivity contribution is 7.19. The Labute approximate surface area is 191 Å². The van der Waals surface area contributed by atoms with Crippen LogP contribution < -0.4 is 24.8 Å². The Morgan fingerprint density at radius 3 is 2.69 bits per heavy atom. The first-order valence-electron chi connectivity index (χ1n) is 10.7. The van der Waals surface area contributed by atoms with Gasteiger partial charge in [-0.2, -0.15) is 0 Å². The molecule has 2 N–H and O–H groups in total. The molecule has 5 nitrogen and oxygen atoms in total. The fraction of sp³-hybridized carbons (Fsp3) is 0.231. The highest BCUT2D eigenvalue weighted by Gasteiger charge is 2.36. The molecule has 0 radical (unpaired) electrons. The van der Waals surface area contributed by atoms with Gasteiger partial charge in [0.2, 0.25) is 0 Å². The summed E-state index contributed by atoms with van der Waals surface area (Å²) < 4.78 is 14.1. The average Bonchev–Trinajstić information content (AvgIpc) is 3.09. The van der Waals surface area contributed by atoms with Gasteiger partial charge in [-0.25, -0.2) is 0 Å². The number of hydrogen-bond acceptors (Lipinski definition) is 5. The monoisotopic (exact) mass is 445 g/mol. The van der Waals surface area contributed by atoms with Gasteiger partial charge < -0.3 is 24.8 Å². The minimum Gasteiger partial charge on any atom is -0.493 e. The van der Waals surface area contributed by atoms with E-state index in [-0.39, 0.29) is 0 Å². The summed E-state index contributed by atoms with van der Waals surface area (Å²) >= 11 is 0. The second-order valence-electron chi connectivity index (χ2n) is 8.52. The molecule has 32 heavy (non-hydrogen) atoms. The number of ether oxygens (including phenoxy) is 2. The number of nitrogens with zero attached hydrogens (tertiary/aromatic N) is 2. The fourth-order valence-corrected chi connectivity index (χ4v) is 5.31. The maximum Gasteiger partial charge on any atom is 0.163 e. The van der Waals surface area contributed by atoms with Crippen LogP contribution in [-0.2, 0) is 13.0 Å². The number of para-hydroxylation sites is 1. The van der Waals surface area contributed by atoms with E-state index in [0.29, 0.717) is 24.1 Å². The Morgan fingerprint density at radius 1 is 1.09 bits per heavy atom. The van der Waals surface area contributed by atoms with Gasteiger partial charge in [0.1, 0.15) is 6.61 Å². The van der Waals surface area contributed by atoms with Crippen molar-refractivity contribution in [3.63, 3.8) is 0 Å². The van der Waals surface area contributed by atoms with Crippen LogP contribution in [0.25, 0.3) is 5.70 Å². The third kappa shape index (κ3) is 3.57. The van der Waals surface area contributed by atoms with Crippen LogP contribution >= 0.6 is 9.39 Å². The zero-order valence-electron chi connectivity index (χ0n) is 18.5. The van der Waals surface area contributed by atoms with Gasteiger partial charge in [-0.05, 0) is 63.7 Å². The molecule has 1 unspecified atom stereocenters. The smallest absolute Gasteiger partial charge is 0.163 e. The van der Waals surface area contributed by atoms with Gasteiger partial charge in [0, 0.05) is 35.2 Å². The number of nitrogen functional groups attached to an aromatic ring is 1. The molecule has 3 aromatic rings. The number of methoxy groups -OCH3 is 1. The largest absolute Gasteiger partial charge is 0.493 e. The van der Waals surface area contributed by atoms with Gasteiger partial charge in [0.25, 0.3) is 0 Å². The Morgan fingerprint density at radius 2 is 1.91 bits per heavy atom. The van der Waals surface area contributed by atoms with E-state index < -0.39 is 0 Å². The lowest BCUT2D eigenvalue weighted by Crippen LogP contribution is -2.35. The molecule has 0 aromatic heterocycles. The zero-order chi connectivity index (χ0) is 22.4. The Balaban J connectivity index is 1.50. The number of rotatable bonds is 4. The van der Waals surface area contributed by atoms with Crippen molar-refractivity contribution in [3.8, 4) is 11.5 Å². The van der Waals surface area contributed by atoms with Gasteiger partial charge in [0.05, 0.1) is 18.8 Å². The summed E-state index contributed by atoms with van der Waals surface area (Å²) in [6.45, 7) is 7.81. The molecule has 0 amide bonds. The number of fused-ring (bicyclic) bond motifs is 4. The summed E-state index contributed by atoms with van der Waals surface area (Å²) in [5.41, 5.74) is 14.6. The molecule has 164 valence electrons. The van der Waals surface area contributed by atoms with Crippen molar-refractivity contribution < 1.29 is 9.47 Å². The van der Waals surface area contributed by atoms with E-state index in [2.05, 4.69) is 61.9 Å². The second-order valence-corrected chi connectivity index (χ2v) is 9.14. The molecule has 0 saturated carbocycles. The van der Waals surface area contributed by atoms with Gasteiger partial charge in [-0.15, -0.1) is 0 Å².